The van der Waals surface area contributed by atoms with Gasteiger partial charge in [-0.1, -0.05) is 80.1 Å². The summed E-state index contributed by atoms with van der Waals surface area (Å²) in [5, 5.41) is 0. The van der Waals surface area contributed by atoms with Crippen molar-refractivity contribution in [1.29, 1.82) is 0 Å². The van der Waals surface area contributed by atoms with Crippen molar-refractivity contribution in [2.75, 3.05) is 37.0 Å². The summed E-state index contributed by atoms with van der Waals surface area (Å²) in [5.74, 6) is 0. The Morgan fingerprint density at radius 1 is 0.314 bits per heavy atom. The number of rotatable bonds is 24. The van der Waals surface area contributed by atoms with Gasteiger partial charge >= 0.3 is 323 Å². The van der Waals surface area contributed by atoms with Gasteiger partial charge in [0.05, 0.1) is 0 Å². The SMILES string of the molecule is CCCCP(CCCC)CCCC.CCCCP(CCCC)CCCC.[Cl][Pt][Cl].[I][Pt][I].c1ccc([As](c2ccccc2)c2ccccc2)cc1.c1ccc([As](c2ccccc2)c2ccccc2)cc1. The topological polar surface area (TPSA) is 0 Å². The molecule has 0 bridgehead atoms. The molecule has 70 heavy (non-hydrogen) atoms. The molecule has 0 heterocycles. The van der Waals surface area contributed by atoms with Gasteiger partial charge in [0.2, 0.25) is 0 Å². The second-order valence-corrected chi connectivity index (χ2v) is 51.1. The third-order valence-electron chi connectivity index (χ3n) is 11.1. The van der Waals surface area contributed by atoms with Crippen molar-refractivity contribution < 1.29 is 27.7 Å². The van der Waals surface area contributed by atoms with Crippen LogP contribution in [0.2, 0.25) is 0 Å². The van der Waals surface area contributed by atoms with E-state index in [4.69, 9.17) is 18.8 Å². The quantitative estimate of drug-likeness (QED) is 0.0322. The summed E-state index contributed by atoms with van der Waals surface area (Å²) in [6.07, 6.45) is 26.4. The van der Waals surface area contributed by atoms with E-state index >= 15 is 0 Å². The van der Waals surface area contributed by atoms with Crippen LogP contribution < -0.4 is 26.1 Å². The van der Waals surface area contributed by atoms with Crippen LogP contribution in [0.1, 0.15) is 119 Å². The van der Waals surface area contributed by atoms with Gasteiger partial charge in [0, 0.05) is 0 Å². The van der Waals surface area contributed by atoms with Crippen LogP contribution in [-0.4, -0.2) is 66.3 Å². The molecule has 0 aromatic heterocycles. The summed E-state index contributed by atoms with van der Waals surface area (Å²) < 4.78 is 8.87. The number of benzene rings is 6. The van der Waals surface area contributed by atoms with Gasteiger partial charge < -0.3 is 0 Å². The molecule has 6 aromatic carbocycles. The molecular weight excluding hydrogens is 1650 g/mol. The van der Waals surface area contributed by atoms with E-state index in [1.54, 1.807) is 37.0 Å². The average Bonchev–Trinajstić information content (AvgIpc) is 3.41. The number of unbranched alkanes of at least 4 members (excludes halogenated alkanes) is 6. The van der Waals surface area contributed by atoms with Gasteiger partial charge in [-0.25, -0.2) is 0 Å². The van der Waals surface area contributed by atoms with Crippen LogP contribution >= 0.6 is 73.4 Å². The summed E-state index contributed by atoms with van der Waals surface area (Å²) in [5.41, 5.74) is 0. The maximum atomic E-state index is 4.88. The fourth-order valence-electron chi connectivity index (χ4n) is 7.32. The molecule has 6 rings (SSSR count). The first kappa shape index (κ1) is 68.7. The van der Waals surface area contributed by atoms with Gasteiger partial charge in [-0.15, -0.1) is 15.8 Å². The minimum atomic E-state index is -1.39. The zero-order chi connectivity index (χ0) is 51.1. The third kappa shape index (κ3) is 33.7. The second kappa shape index (κ2) is 50.5. The zero-order valence-corrected chi connectivity index (χ0v) is 58.9. The first-order chi connectivity index (χ1) is 34.4. The zero-order valence-electron chi connectivity index (χ0n) is 43.0. The Morgan fingerprint density at radius 3 is 0.557 bits per heavy atom. The van der Waals surface area contributed by atoms with Gasteiger partial charge in [-0.2, -0.15) is 0 Å². The molecule has 0 unspecified atom stereocenters. The minimum absolute atomic E-state index is 0.422. The van der Waals surface area contributed by atoms with Crippen LogP contribution in [0.25, 0.3) is 0 Å². The molecular formula is C60H84As2Cl2I2P2Pt2. The maximum absolute atomic E-state index is 4.88. The third-order valence-corrected chi connectivity index (χ3v) is 27.0. The summed E-state index contributed by atoms with van der Waals surface area (Å²) in [6, 6.07) is 65.4. The van der Waals surface area contributed by atoms with Crippen molar-refractivity contribution in [3.8, 4) is 0 Å². The molecule has 0 aliphatic carbocycles. The molecule has 0 saturated heterocycles. The normalized spacial score (nSPS) is 10.5. The van der Waals surface area contributed by atoms with Gasteiger partial charge in [0.1, 0.15) is 0 Å². The Bertz CT molecular complexity index is 1600. The van der Waals surface area contributed by atoms with Crippen molar-refractivity contribution in [3.63, 3.8) is 0 Å². The number of halogens is 4. The van der Waals surface area contributed by atoms with Crippen molar-refractivity contribution in [2.45, 2.75) is 119 Å². The predicted octanol–water partition coefficient (Wildman–Crippen LogP) is 17.3. The number of hydrogen-bond acceptors (Lipinski definition) is 0. The molecule has 0 radical (unpaired) electrons. The fourth-order valence-corrected chi connectivity index (χ4v) is 22.9. The summed E-state index contributed by atoms with van der Waals surface area (Å²) in [6.45, 7) is 13.9. The van der Waals surface area contributed by atoms with Gasteiger partial charge in [0.25, 0.3) is 0 Å². The van der Waals surface area contributed by atoms with Crippen LogP contribution in [0.5, 0.6) is 0 Å². The van der Waals surface area contributed by atoms with Crippen molar-refractivity contribution >= 4 is 129 Å². The Kier molecular flexibility index (Phi) is 49.6. The van der Waals surface area contributed by atoms with Gasteiger partial charge in [-0.3, -0.25) is 0 Å². The van der Waals surface area contributed by atoms with E-state index in [9.17, 15) is 0 Å². The molecule has 0 amide bonds. The van der Waals surface area contributed by atoms with E-state index in [2.05, 4.69) is 262 Å². The molecule has 10 heteroatoms. The van der Waals surface area contributed by atoms with Gasteiger partial charge in [0.15, 0.2) is 0 Å². The Morgan fingerprint density at radius 2 is 0.443 bits per heavy atom. The van der Waals surface area contributed by atoms with E-state index < -0.39 is 45.8 Å². The van der Waals surface area contributed by atoms with E-state index in [1.165, 1.54) is 103 Å². The van der Waals surface area contributed by atoms with Crippen molar-refractivity contribution in [2.24, 2.45) is 0 Å². The monoisotopic (exact) mass is 1730 g/mol. The molecule has 0 atom stereocenters. The van der Waals surface area contributed by atoms with Crippen LogP contribution in [0.3, 0.4) is 0 Å². The standard InChI is InChI=1S/2C18H15As.2C12H27P.2ClH.2HI.2Pt/c2*1-4-10-16(11-5-1)19(17-12-6-2-7-13-17)18-14-8-3-9-15-18;2*1-4-7-10-13(11-8-5-2)12-9-6-3;;;;;;/h2*1-15H;2*4-12H2,1-3H3;4*1H;;/q;;;;;;;;2*+2/p-4. The van der Waals surface area contributed by atoms with E-state index in [-0.39, 0.29) is 0 Å². The summed E-state index contributed by atoms with van der Waals surface area (Å²) in [7, 11) is 10.6. The molecule has 0 aliphatic rings. The molecule has 0 spiro atoms. The summed E-state index contributed by atoms with van der Waals surface area (Å²) in [4.78, 5) is 0. The van der Waals surface area contributed by atoms with Crippen LogP contribution in [0.4, 0.5) is 0 Å². The van der Waals surface area contributed by atoms with Crippen LogP contribution in [-0.2, 0) is 27.7 Å². The Labute approximate surface area is 487 Å². The van der Waals surface area contributed by atoms with Crippen LogP contribution in [0, 0.1) is 0 Å². The molecule has 392 valence electrons. The fraction of sp³-hybridized carbons (Fsp3) is 0.400. The van der Waals surface area contributed by atoms with Gasteiger partial charge in [-0.05, 0) is 75.5 Å². The number of hydrogen-bond donors (Lipinski definition) is 0. The Balaban J connectivity index is 0.000000456. The molecule has 0 N–H and O–H groups in total. The van der Waals surface area contributed by atoms with E-state index in [0.29, 0.717) is 27.0 Å². The molecule has 0 saturated carbocycles. The van der Waals surface area contributed by atoms with E-state index in [1.807, 2.05) is 0 Å². The molecule has 0 fully saturated rings. The molecule has 0 nitrogen and oxygen atoms in total. The first-order valence-corrected chi connectivity index (χ1v) is 53.4. The molecule has 6 aromatic rings. The van der Waals surface area contributed by atoms with Crippen LogP contribution in [0.15, 0.2) is 182 Å². The van der Waals surface area contributed by atoms with Crippen molar-refractivity contribution in [3.05, 3.63) is 182 Å². The average molecular weight is 1730 g/mol. The Hall–Kier alpha value is 0.714. The molecule has 0 aliphatic heterocycles. The first-order valence-electron chi connectivity index (χ1n) is 25.4. The predicted molar refractivity (Wildman–Crippen MR) is 340 cm³/mol. The van der Waals surface area contributed by atoms with Crippen molar-refractivity contribution in [1.82, 2.24) is 0 Å². The van der Waals surface area contributed by atoms with E-state index in [0.717, 1.165) is 0 Å². The summed E-state index contributed by atoms with van der Waals surface area (Å²) >= 11 is 2.04. The second-order valence-electron chi connectivity index (χ2n) is 16.6.